The molecule has 1 unspecified atom stereocenters. The average Bonchev–Trinajstić information content (AvgIpc) is 2.59. The lowest BCUT2D eigenvalue weighted by Crippen LogP contribution is -2.61. The molecule has 2 fully saturated rings. The Morgan fingerprint density at radius 3 is 2.36 bits per heavy atom. The highest BCUT2D eigenvalue weighted by Crippen LogP contribution is 2.40. The number of nitrogens with one attached hydrogen (secondary N) is 1. The summed E-state index contributed by atoms with van der Waals surface area (Å²) in [7, 11) is 0. The van der Waals surface area contributed by atoms with Crippen LogP contribution in [-0.2, 0) is 19.1 Å². The van der Waals surface area contributed by atoms with Gasteiger partial charge >= 0.3 is 5.97 Å². The minimum Gasteiger partial charge on any atom is -0.463 e. The van der Waals surface area contributed by atoms with Crippen LogP contribution in [0.4, 0.5) is 0 Å². The lowest BCUT2D eigenvalue weighted by atomic mass is 9.74. The Hall–Kier alpha value is -1.14. The van der Waals surface area contributed by atoms with Crippen molar-refractivity contribution >= 4 is 11.9 Å². The van der Waals surface area contributed by atoms with Crippen molar-refractivity contribution in [2.45, 2.75) is 110 Å². The first-order chi connectivity index (χ1) is 13.0. The molecule has 1 saturated heterocycles. The molecule has 2 N–H and O–H groups in total. The predicted octanol–water partition coefficient (Wildman–Crippen LogP) is 3.35. The van der Waals surface area contributed by atoms with Crippen molar-refractivity contribution < 1.29 is 24.2 Å². The fourth-order valence-electron chi connectivity index (χ4n) is 4.70. The minimum absolute atomic E-state index is 0.104. The van der Waals surface area contributed by atoms with Gasteiger partial charge in [-0.25, -0.2) is 0 Å². The maximum Gasteiger partial charge on any atom is 0.302 e. The van der Waals surface area contributed by atoms with Crippen molar-refractivity contribution in [2.75, 3.05) is 6.61 Å². The number of aliphatic hydroxyl groups excluding tert-OH is 1. The van der Waals surface area contributed by atoms with Crippen molar-refractivity contribution in [3.05, 3.63) is 0 Å². The maximum atomic E-state index is 12.0. The molecule has 1 aliphatic carbocycles. The van der Waals surface area contributed by atoms with Crippen LogP contribution in [0.5, 0.6) is 0 Å². The molecule has 0 bridgehead atoms. The number of amides is 1. The molecule has 4 atom stereocenters. The quantitative estimate of drug-likeness (QED) is 0.672. The highest BCUT2D eigenvalue weighted by molar-refractivity contribution is 5.74. The second-order valence-corrected chi connectivity index (χ2v) is 9.96. The van der Waals surface area contributed by atoms with Gasteiger partial charge in [0.1, 0.15) is 6.61 Å². The fourth-order valence-corrected chi connectivity index (χ4v) is 4.70. The third-order valence-corrected chi connectivity index (χ3v) is 6.21. The molecule has 1 aliphatic heterocycles. The standard InChI is InChI=1S/C22H39NO5/c1-15(24)23-22(14-27-16(2)25)12-18(28-20(13-22)21(3,4)5)11-19(26)17-9-7-6-8-10-17/h17-20,26H,6-14H2,1-5H3,(H,23,24)/t18-,19-,20-,22?/m1/s1. The van der Waals surface area contributed by atoms with Gasteiger partial charge in [-0.1, -0.05) is 40.0 Å². The first-order valence-electron chi connectivity index (χ1n) is 10.8. The normalized spacial score (nSPS) is 30.5. The van der Waals surface area contributed by atoms with Crippen molar-refractivity contribution in [1.29, 1.82) is 0 Å². The molecule has 162 valence electrons. The van der Waals surface area contributed by atoms with Crippen molar-refractivity contribution in [3.8, 4) is 0 Å². The minimum atomic E-state index is -0.662. The van der Waals surface area contributed by atoms with E-state index in [9.17, 15) is 14.7 Å². The van der Waals surface area contributed by atoms with E-state index in [2.05, 4.69) is 26.1 Å². The molecule has 1 heterocycles. The summed E-state index contributed by atoms with van der Waals surface area (Å²) >= 11 is 0. The van der Waals surface area contributed by atoms with E-state index >= 15 is 0 Å². The van der Waals surface area contributed by atoms with Crippen LogP contribution >= 0.6 is 0 Å². The second kappa shape index (κ2) is 9.57. The van der Waals surface area contributed by atoms with Gasteiger partial charge in [-0.15, -0.1) is 0 Å². The Labute approximate surface area is 169 Å². The van der Waals surface area contributed by atoms with Crippen molar-refractivity contribution in [1.82, 2.24) is 5.32 Å². The number of hydrogen-bond donors (Lipinski definition) is 2. The average molecular weight is 398 g/mol. The van der Waals surface area contributed by atoms with Gasteiger partial charge < -0.3 is 19.9 Å². The molecule has 28 heavy (non-hydrogen) atoms. The molecule has 6 heteroatoms. The molecule has 2 rings (SSSR count). The molecule has 6 nitrogen and oxygen atoms in total. The molecule has 2 aliphatic rings. The van der Waals surface area contributed by atoms with Crippen LogP contribution in [0.1, 0.15) is 86.0 Å². The maximum absolute atomic E-state index is 12.0. The summed E-state index contributed by atoms with van der Waals surface area (Å²) in [6.07, 6.45) is 6.75. The number of esters is 1. The summed E-state index contributed by atoms with van der Waals surface area (Å²) in [5, 5.41) is 13.9. The van der Waals surface area contributed by atoms with E-state index in [0.717, 1.165) is 12.8 Å². The summed E-state index contributed by atoms with van der Waals surface area (Å²) < 4.78 is 11.7. The summed E-state index contributed by atoms with van der Waals surface area (Å²) in [6, 6.07) is 0. The highest BCUT2D eigenvalue weighted by atomic mass is 16.5. The number of rotatable bonds is 6. The van der Waals surface area contributed by atoms with Gasteiger partial charge in [-0.3, -0.25) is 9.59 Å². The van der Waals surface area contributed by atoms with E-state index < -0.39 is 11.6 Å². The smallest absolute Gasteiger partial charge is 0.302 e. The van der Waals surface area contributed by atoms with Gasteiger partial charge in [0.2, 0.25) is 5.91 Å². The highest BCUT2D eigenvalue weighted by Gasteiger charge is 2.47. The molecule has 0 radical (unpaired) electrons. The van der Waals surface area contributed by atoms with Gasteiger partial charge in [-0.05, 0) is 30.6 Å². The van der Waals surface area contributed by atoms with E-state index in [0.29, 0.717) is 25.2 Å². The summed E-state index contributed by atoms with van der Waals surface area (Å²) in [5.74, 6) is -0.174. The zero-order valence-electron chi connectivity index (χ0n) is 18.3. The third-order valence-electron chi connectivity index (χ3n) is 6.21. The zero-order valence-corrected chi connectivity index (χ0v) is 18.3. The number of aliphatic hydroxyl groups is 1. The van der Waals surface area contributed by atoms with Gasteiger partial charge in [0.15, 0.2) is 0 Å². The number of carbonyl (C=O) groups excluding carboxylic acids is 2. The zero-order chi connectivity index (χ0) is 20.9. The number of ether oxygens (including phenoxy) is 2. The fraction of sp³-hybridized carbons (Fsp3) is 0.909. The Bertz CT molecular complexity index is 538. The topological polar surface area (TPSA) is 84.9 Å². The van der Waals surface area contributed by atoms with E-state index in [4.69, 9.17) is 9.47 Å². The first-order valence-corrected chi connectivity index (χ1v) is 10.8. The van der Waals surface area contributed by atoms with Gasteiger partial charge in [0, 0.05) is 26.7 Å². The van der Waals surface area contributed by atoms with Crippen molar-refractivity contribution in [3.63, 3.8) is 0 Å². The monoisotopic (exact) mass is 397 g/mol. The van der Waals surface area contributed by atoms with Gasteiger partial charge in [0.05, 0.1) is 23.9 Å². The van der Waals surface area contributed by atoms with E-state index in [1.165, 1.54) is 33.1 Å². The predicted molar refractivity (Wildman–Crippen MR) is 108 cm³/mol. The molecule has 0 aromatic heterocycles. The van der Waals surface area contributed by atoms with E-state index in [-0.39, 0.29) is 36.1 Å². The number of hydrogen-bond acceptors (Lipinski definition) is 5. The Morgan fingerprint density at radius 2 is 1.82 bits per heavy atom. The first kappa shape index (κ1) is 23.1. The van der Waals surface area contributed by atoms with Crippen LogP contribution in [0.25, 0.3) is 0 Å². The molecule has 1 saturated carbocycles. The third kappa shape index (κ3) is 6.73. The van der Waals surface area contributed by atoms with Gasteiger partial charge in [0.25, 0.3) is 0 Å². The van der Waals surface area contributed by atoms with Crippen LogP contribution in [0.15, 0.2) is 0 Å². The van der Waals surface area contributed by atoms with Gasteiger partial charge in [-0.2, -0.15) is 0 Å². The summed E-state index contributed by atoms with van der Waals surface area (Å²) in [5.41, 5.74) is -0.793. The van der Waals surface area contributed by atoms with Crippen LogP contribution in [0, 0.1) is 11.3 Å². The van der Waals surface area contributed by atoms with Crippen LogP contribution in [0.2, 0.25) is 0 Å². The Balaban J connectivity index is 2.18. The molecule has 0 aromatic rings. The van der Waals surface area contributed by atoms with Crippen LogP contribution in [-0.4, -0.2) is 47.4 Å². The molecular weight excluding hydrogens is 358 g/mol. The summed E-state index contributed by atoms with van der Waals surface area (Å²) in [6.45, 7) is 9.34. The molecule has 1 amide bonds. The lowest BCUT2D eigenvalue weighted by Gasteiger charge is -2.48. The van der Waals surface area contributed by atoms with Crippen LogP contribution in [0.3, 0.4) is 0 Å². The molecular formula is C22H39NO5. The molecule has 0 aromatic carbocycles. The van der Waals surface area contributed by atoms with E-state index in [1.54, 1.807) is 0 Å². The Kier molecular flexibility index (Phi) is 7.91. The number of carbonyl (C=O) groups is 2. The largest absolute Gasteiger partial charge is 0.463 e. The van der Waals surface area contributed by atoms with E-state index in [1.807, 2.05) is 0 Å². The second-order valence-electron chi connectivity index (χ2n) is 9.96. The van der Waals surface area contributed by atoms with Crippen LogP contribution < -0.4 is 5.32 Å². The summed E-state index contributed by atoms with van der Waals surface area (Å²) in [4.78, 5) is 23.4. The Morgan fingerprint density at radius 1 is 1.18 bits per heavy atom. The van der Waals surface area contributed by atoms with Crippen molar-refractivity contribution in [2.24, 2.45) is 11.3 Å². The SMILES string of the molecule is CC(=O)NC1(COC(C)=O)C[C@@H](C[C@@H](O)C2CCCCC2)O[C@@H](C(C)(C)C)C1. The molecule has 0 spiro atoms. The lowest BCUT2D eigenvalue weighted by molar-refractivity contribution is -0.164.